The second-order valence-corrected chi connectivity index (χ2v) is 4.68. The van der Waals surface area contributed by atoms with Crippen molar-refractivity contribution >= 4 is 11.8 Å². The van der Waals surface area contributed by atoms with Crippen molar-refractivity contribution in [2.45, 2.75) is 45.4 Å². The summed E-state index contributed by atoms with van der Waals surface area (Å²) in [5.41, 5.74) is 0. The van der Waals surface area contributed by atoms with E-state index in [4.69, 9.17) is 0 Å². The Bertz CT molecular complexity index is 269. The van der Waals surface area contributed by atoms with E-state index in [0.29, 0.717) is 18.9 Å². The number of hydrogen-bond donors (Lipinski definition) is 0. The summed E-state index contributed by atoms with van der Waals surface area (Å²) in [6, 6.07) is 0. The summed E-state index contributed by atoms with van der Waals surface area (Å²) in [6.45, 7) is 2.42. The van der Waals surface area contributed by atoms with Gasteiger partial charge in [-0.15, -0.1) is 0 Å². The first kappa shape index (κ1) is 10.7. The van der Waals surface area contributed by atoms with E-state index in [1.807, 2.05) is 6.92 Å². The molecule has 0 N–H and O–H groups in total. The first-order valence-electron chi connectivity index (χ1n) is 6.08. The average Bonchev–Trinajstić information content (AvgIpc) is 2.55. The Hall–Kier alpha value is -0.860. The molecule has 0 bridgehead atoms. The predicted octanol–water partition coefficient (Wildman–Crippen LogP) is 1.96. The van der Waals surface area contributed by atoms with E-state index >= 15 is 0 Å². The van der Waals surface area contributed by atoms with E-state index in [0.717, 1.165) is 12.8 Å². The van der Waals surface area contributed by atoms with Crippen molar-refractivity contribution in [3.8, 4) is 0 Å². The molecule has 1 aliphatic heterocycles. The minimum Gasteiger partial charge on any atom is -0.283 e. The standard InChI is InChI=1S/C12H19NO2/c1-2-13-11(14)8-10(12(13)15)9-6-4-3-5-7-9/h9-10H,2-8H2,1H3. The maximum absolute atomic E-state index is 12.0. The van der Waals surface area contributed by atoms with Gasteiger partial charge in [-0.05, 0) is 25.7 Å². The molecule has 1 atom stereocenters. The van der Waals surface area contributed by atoms with Gasteiger partial charge in [0.2, 0.25) is 11.8 Å². The van der Waals surface area contributed by atoms with Crippen LogP contribution < -0.4 is 0 Å². The summed E-state index contributed by atoms with van der Waals surface area (Å²) >= 11 is 0. The lowest BCUT2D eigenvalue weighted by Gasteiger charge is -2.25. The van der Waals surface area contributed by atoms with Crippen LogP contribution in [0, 0.1) is 11.8 Å². The molecule has 15 heavy (non-hydrogen) atoms. The van der Waals surface area contributed by atoms with E-state index in [9.17, 15) is 9.59 Å². The molecule has 0 aromatic rings. The number of hydrogen-bond acceptors (Lipinski definition) is 2. The largest absolute Gasteiger partial charge is 0.283 e. The van der Waals surface area contributed by atoms with E-state index in [-0.39, 0.29) is 17.7 Å². The van der Waals surface area contributed by atoms with Gasteiger partial charge in [0, 0.05) is 13.0 Å². The fourth-order valence-electron chi connectivity index (χ4n) is 2.95. The number of nitrogens with zero attached hydrogens (tertiary/aromatic N) is 1. The maximum Gasteiger partial charge on any atom is 0.233 e. The van der Waals surface area contributed by atoms with Gasteiger partial charge in [-0.25, -0.2) is 0 Å². The molecule has 1 aliphatic carbocycles. The summed E-state index contributed by atoms with van der Waals surface area (Å²) in [7, 11) is 0. The summed E-state index contributed by atoms with van der Waals surface area (Å²) < 4.78 is 0. The van der Waals surface area contributed by atoms with Crippen molar-refractivity contribution in [1.29, 1.82) is 0 Å². The van der Waals surface area contributed by atoms with Crippen molar-refractivity contribution in [2.24, 2.45) is 11.8 Å². The van der Waals surface area contributed by atoms with Crippen molar-refractivity contribution in [3.05, 3.63) is 0 Å². The van der Waals surface area contributed by atoms with Gasteiger partial charge >= 0.3 is 0 Å². The lowest BCUT2D eigenvalue weighted by atomic mass is 9.79. The summed E-state index contributed by atoms with van der Waals surface area (Å²) in [5, 5.41) is 0. The summed E-state index contributed by atoms with van der Waals surface area (Å²) in [6.07, 6.45) is 6.51. The van der Waals surface area contributed by atoms with Crippen LogP contribution in [0.1, 0.15) is 45.4 Å². The van der Waals surface area contributed by atoms with E-state index < -0.39 is 0 Å². The van der Waals surface area contributed by atoms with E-state index in [1.54, 1.807) is 0 Å². The molecule has 3 nitrogen and oxygen atoms in total. The number of rotatable bonds is 2. The molecule has 0 spiro atoms. The molecule has 84 valence electrons. The third kappa shape index (κ3) is 1.92. The third-order valence-corrected chi connectivity index (χ3v) is 3.81. The topological polar surface area (TPSA) is 37.4 Å². The number of likely N-dealkylation sites (tertiary alicyclic amines) is 1. The van der Waals surface area contributed by atoms with Crippen LogP contribution in [0.15, 0.2) is 0 Å². The van der Waals surface area contributed by atoms with Crippen LogP contribution in [-0.2, 0) is 9.59 Å². The highest BCUT2D eigenvalue weighted by Gasteiger charge is 2.41. The van der Waals surface area contributed by atoms with Gasteiger partial charge in [0.25, 0.3) is 0 Å². The minimum absolute atomic E-state index is 0.0118. The number of carbonyl (C=O) groups is 2. The zero-order chi connectivity index (χ0) is 10.8. The molecular weight excluding hydrogens is 190 g/mol. The van der Waals surface area contributed by atoms with Gasteiger partial charge in [0.05, 0.1) is 5.92 Å². The lowest BCUT2D eigenvalue weighted by molar-refractivity contribution is -0.139. The van der Waals surface area contributed by atoms with Crippen LogP contribution in [0.5, 0.6) is 0 Å². The highest BCUT2D eigenvalue weighted by molar-refractivity contribution is 6.03. The highest BCUT2D eigenvalue weighted by Crippen LogP contribution is 2.36. The minimum atomic E-state index is 0.0118. The fourth-order valence-corrected chi connectivity index (χ4v) is 2.95. The summed E-state index contributed by atoms with van der Waals surface area (Å²) in [4.78, 5) is 25.0. The van der Waals surface area contributed by atoms with Gasteiger partial charge in [-0.1, -0.05) is 19.3 Å². The zero-order valence-electron chi connectivity index (χ0n) is 9.37. The average molecular weight is 209 g/mol. The Balaban J connectivity index is 2.04. The Morgan fingerprint density at radius 1 is 1.20 bits per heavy atom. The predicted molar refractivity (Wildman–Crippen MR) is 57.1 cm³/mol. The molecule has 2 amide bonds. The lowest BCUT2D eigenvalue weighted by Crippen LogP contribution is -2.32. The van der Waals surface area contributed by atoms with Crippen LogP contribution >= 0.6 is 0 Å². The molecular formula is C12H19NO2. The number of carbonyl (C=O) groups excluding carboxylic acids is 2. The van der Waals surface area contributed by atoms with Gasteiger partial charge in [0.1, 0.15) is 0 Å². The van der Waals surface area contributed by atoms with Crippen molar-refractivity contribution in [1.82, 2.24) is 4.90 Å². The van der Waals surface area contributed by atoms with E-state index in [2.05, 4.69) is 0 Å². The van der Waals surface area contributed by atoms with Crippen LogP contribution in [0.25, 0.3) is 0 Å². The third-order valence-electron chi connectivity index (χ3n) is 3.81. The van der Waals surface area contributed by atoms with E-state index in [1.165, 1.54) is 24.2 Å². The van der Waals surface area contributed by atoms with Gasteiger partial charge in [0.15, 0.2) is 0 Å². The van der Waals surface area contributed by atoms with Crippen molar-refractivity contribution in [2.75, 3.05) is 6.54 Å². The normalized spacial score (nSPS) is 28.9. The highest BCUT2D eigenvalue weighted by atomic mass is 16.2. The van der Waals surface area contributed by atoms with Crippen LogP contribution in [-0.4, -0.2) is 23.3 Å². The first-order valence-corrected chi connectivity index (χ1v) is 6.08. The molecule has 1 unspecified atom stereocenters. The fraction of sp³-hybridized carbons (Fsp3) is 0.833. The molecule has 0 aromatic heterocycles. The molecule has 2 aliphatic rings. The first-order chi connectivity index (χ1) is 7.24. The van der Waals surface area contributed by atoms with Crippen LogP contribution in [0.4, 0.5) is 0 Å². The molecule has 2 rings (SSSR count). The molecule has 1 saturated heterocycles. The summed E-state index contributed by atoms with van der Waals surface area (Å²) in [5.74, 6) is 0.622. The van der Waals surface area contributed by atoms with Crippen LogP contribution in [0.2, 0.25) is 0 Å². The van der Waals surface area contributed by atoms with Gasteiger partial charge in [-0.3, -0.25) is 14.5 Å². The molecule has 1 saturated carbocycles. The smallest absolute Gasteiger partial charge is 0.233 e. The molecule has 3 heteroatoms. The Labute approximate surface area is 90.8 Å². The monoisotopic (exact) mass is 209 g/mol. The maximum atomic E-state index is 12.0. The van der Waals surface area contributed by atoms with Gasteiger partial charge < -0.3 is 0 Å². The number of amides is 2. The van der Waals surface area contributed by atoms with Gasteiger partial charge in [-0.2, -0.15) is 0 Å². The molecule has 2 fully saturated rings. The Morgan fingerprint density at radius 2 is 1.87 bits per heavy atom. The quantitative estimate of drug-likeness (QED) is 0.652. The Kier molecular flexibility index (Phi) is 3.08. The van der Waals surface area contributed by atoms with Crippen LogP contribution in [0.3, 0.4) is 0 Å². The molecule has 0 aromatic carbocycles. The molecule has 0 radical (unpaired) electrons. The number of imide groups is 1. The Morgan fingerprint density at radius 3 is 2.40 bits per heavy atom. The van der Waals surface area contributed by atoms with Crippen molar-refractivity contribution in [3.63, 3.8) is 0 Å². The zero-order valence-corrected chi connectivity index (χ0v) is 9.37. The van der Waals surface area contributed by atoms with Crippen molar-refractivity contribution < 1.29 is 9.59 Å². The second-order valence-electron chi connectivity index (χ2n) is 4.68. The molecule has 1 heterocycles. The second kappa shape index (κ2) is 4.33. The SMILES string of the molecule is CCN1C(=O)CC(C2CCCCC2)C1=O.